The molecule has 0 radical (unpaired) electrons. The number of hydrogen-bond donors (Lipinski definition) is 2. The van der Waals surface area contributed by atoms with Crippen LogP contribution in [-0.4, -0.2) is 61.7 Å². The molecule has 3 aromatic heterocycles. The van der Waals surface area contributed by atoms with Gasteiger partial charge in [-0.05, 0) is 76.4 Å². The molecule has 0 spiro atoms. The number of fused-ring (bicyclic) bond motifs is 2. The molecule has 2 aliphatic rings. The van der Waals surface area contributed by atoms with Crippen molar-refractivity contribution < 1.29 is 19.1 Å². The van der Waals surface area contributed by atoms with Crippen molar-refractivity contribution in [2.75, 3.05) is 25.5 Å². The summed E-state index contributed by atoms with van der Waals surface area (Å²) in [7, 11) is 2.13. The van der Waals surface area contributed by atoms with Crippen molar-refractivity contribution in [3.05, 3.63) is 77.1 Å². The summed E-state index contributed by atoms with van der Waals surface area (Å²) in [6.45, 7) is 11.1. The van der Waals surface area contributed by atoms with Gasteiger partial charge >= 0.3 is 12.0 Å². The van der Waals surface area contributed by atoms with Crippen molar-refractivity contribution in [1.29, 1.82) is 0 Å². The number of likely N-dealkylation sites (tertiary alicyclic amines) is 1. The maximum Gasteiger partial charge on any atom is 0.376 e. The largest absolute Gasteiger partial charge is 0.484 e. The van der Waals surface area contributed by atoms with Crippen LogP contribution in [0.3, 0.4) is 0 Å². The second kappa shape index (κ2) is 12.3. The van der Waals surface area contributed by atoms with Crippen LogP contribution in [0.25, 0.3) is 5.65 Å². The highest BCUT2D eigenvalue weighted by Crippen LogP contribution is 2.40. The lowest BCUT2D eigenvalue weighted by atomic mass is 9.85. The molecule has 2 N–H and O–H groups in total. The van der Waals surface area contributed by atoms with Gasteiger partial charge in [0.15, 0.2) is 11.5 Å². The SMILES string of the molecule is CCOC(=O)c1nc(NC(=O)N[C@H]2CC[C@@H](Oc3ccc4nnc([C@]5(C)CCCN5C)n4c3)c3ccccc32)cc(C(C)(C)C)n1. The highest BCUT2D eigenvalue weighted by Gasteiger charge is 2.40. The molecule has 0 bridgehead atoms. The molecule has 12 nitrogen and oxygen atoms in total. The number of hydrogen-bond acceptors (Lipinski definition) is 9. The summed E-state index contributed by atoms with van der Waals surface area (Å²) in [4.78, 5) is 36.7. The lowest BCUT2D eigenvalue weighted by Gasteiger charge is -2.32. The zero-order chi connectivity index (χ0) is 32.6. The van der Waals surface area contributed by atoms with Crippen molar-refractivity contribution in [3.8, 4) is 5.75 Å². The Hall–Kier alpha value is -4.58. The van der Waals surface area contributed by atoms with Gasteiger partial charge in [0.05, 0.1) is 30.1 Å². The van der Waals surface area contributed by atoms with E-state index in [-0.39, 0.29) is 41.3 Å². The molecule has 0 saturated carbocycles. The number of amides is 2. The number of urea groups is 1. The average Bonchev–Trinajstić information content (AvgIpc) is 3.60. The van der Waals surface area contributed by atoms with Gasteiger partial charge in [0.25, 0.3) is 0 Å². The molecule has 1 saturated heterocycles. The second-order valence-electron chi connectivity index (χ2n) is 13.3. The van der Waals surface area contributed by atoms with Crippen molar-refractivity contribution >= 4 is 23.5 Å². The van der Waals surface area contributed by atoms with E-state index in [9.17, 15) is 9.59 Å². The van der Waals surface area contributed by atoms with Gasteiger partial charge in [-0.15, -0.1) is 10.2 Å². The van der Waals surface area contributed by atoms with E-state index in [0.29, 0.717) is 18.5 Å². The Labute approximate surface area is 268 Å². The van der Waals surface area contributed by atoms with Crippen LogP contribution in [-0.2, 0) is 15.7 Å². The number of pyridine rings is 1. The molecule has 12 heteroatoms. The molecule has 1 aromatic carbocycles. The summed E-state index contributed by atoms with van der Waals surface area (Å²) in [6.07, 6.45) is 5.31. The van der Waals surface area contributed by atoms with Crippen LogP contribution >= 0.6 is 0 Å². The van der Waals surface area contributed by atoms with E-state index in [1.807, 2.05) is 61.7 Å². The number of aromatic nitrogens is 5. The summed E-state index contributed by atoms with van der Waals surface area (Å²) in [5, 5.41) is 14.9. The number of benzene rings is 1. The number of carbonyl (C=O) groups excluding carboxylic acids is 2. The normalized spacial score (nSPS) is 21.5. The Morgan fingerprint density at radius 2 is 1.85 bits per heavy atom. The van der Waals surface area contributed by atoms with E-state index in [0.717, 1.165) is 47.7 Å². The molecule has 1 aliphatic carbocycles. The highest BCUT2D eigenvalue weighted by molar-refractivity contribution is 5.90. The van der Waals surface area contributed by atoms with Crippen LogP contribution < -0.4 is 15.4 Å². The molecule has 4 aromatic rings. The fourth-order valence-corrected chi connectivity index (χ4v) is 6.37. The van der Waals surface area contributed by atoms with Crippen molar-refractivity contribution in [1.82, 2.24) is 34.8 Å². The van der Waals surface area contributed by atoms with Crippen molar-refractivity contribution in [3.63, 3.8) is 0 Å². The van der Waals surface area contributed by atoms with Crippen LogP contribution in [0, 0.1) is 0 Å². The first kappa shape index (κ1) is 31.4. The predicted molar refractivity (Wildman–Crippen MR) is 173 cm³/mol. The second-order valence-corrected chi connectivity index (χ2v) is 13.3. The van der Waals surface area contributed by atoms with E-state index in [1.54, 1.807) is 13.0 Å². The summed E-state index contributed by atoms with van der Waals surface area (Å²) in [5.41, 5.74) is 2.85. The summed E-state index contributed by atoms with van der Waals surface area (Å²) < 4.78 is 13.8. The van der Waals surface area contributed by atoms with Gasteiger partial charge in [0.1, 0.15) is 17.7 Å². The van der Waals surface area contributed by atoms with Gasteiger partial charge in [-0.1, -0.05) is 45.0 Å². The van der Waals surface area contributed by atoms with Crippen LogP contribution in [0.4, 0.5) is 10.6 Å². The van der Waals surface area contributed by atoms with Gasteiger partial charge in [0.2, 0.25) is 5.82 Å². The monoisotopic (exact) mass is 626 g/mol. The molecular weight excluding hydrogens is 584 g/mol. The first-order valence-electron chi connectivity index (χ1n) is 15.9. The molecule has 1 fully saturated rings. The predicted octanol–water partition coefficient (Wildman–Crippen LogP) is 5.71. The van der Waals surface area contributed by atoms with E-state index >= 15 is 0 Å². The quantitative estimate of drug-likeness (QED) is 0.247. The van der Waals surface area contributed by atoms with Crippen LogP contribution in [0.5, 0.6) is 5.75 Å². The number of nitrogens with one attached hydrogen (secondary N) is 2. The molecule has 242 valence electrons. The standard InChI is InChI=1S/C34H42N8O4/c1-7-45-30(43)29-36-26(33(2,3)4)19-27(37-29)38-32(44)35-24-14-15-25(23-12-9-8-11-22(23)24)46-21-13-16-28-39-40-31(42(28)20-21)34(5)17-10-18-41(34)6/h8-9,11-13,16,19-20,24-25H,7,10,14-15,17-18H2,1-6H3,(H2,35,36,37,38,44)/t24-,25+,34-/m0/s1. The third-order valence-corrected chi connectivity index (χ3v) is 9.07. The first-order chi connectivity index (χ1) is 22.0. The molecule has 4 heterocycles. The molecular formula is C34H42N8O4. The van der Waals surface area contributed by atoms with Crippen LogP contribution in [0.15, 0.2) is 48.7 Å². The maximum absolute atomic E-state index is 13.3. The number of ether oxygens (including phenoxy) is 2. The Kier molecular flexibility index (Phi) is 8.41. The zero-order valence-electron chi connectivity index (χ0n) is 27.3. The van der Waals surface area contributed by atoms with Gasteiger partial charge in [-0.2, -0.15) is 0 Å². The molecule has 46 heavy (non-hydrogen) atoms. The topological polar surface area (TPSA) is 136 Å². The minimum Gasteiger partial charge on any atom is -0.484 e. The van der Waals surface area contributed by atoms with E-state index in [2.05, 4.69) is 55.7 Å². The van der Waals surface area contributed by atoms with E-state index in [4.69, 9.17) is 9.47 Å². The Balaban J connectivity index is 1.19. The van der Waals surface area contributed by atoms with Crippen molar-refractivity contribution in [2.45, 2.75) is 83.4 Å². The molecule has 0 unspecified atom stereocenters. The van der Waals surface area contributed by atoms with Gasteiger partial charge in [-0.25, -0.2) is 19.6 Å². The first-order valence-corrected chi connectivity index (χ1v) is 15.9. The summed E-state index contributed by atoms with van der Waals surface area (Å²) in [6, 6.07) is 12.9. The van der Waals surface area contributed by atoms with E-state index < -0.39 is 12.0 Å². The van der Waals surface area contributed by atoms with Gasteiger partial charge < -0.3 is 14.8 Å². The molecule has 2 amide bonds. The third kappa shape index (κ3) is 6.13. The minimum atomic E-state index is -0.635. The lowest BCUT2D eigenvalue weighted by Crippen LogP contribution is -2.37. The average molecular weight is 627 g/mol. The Bertz CT molecular complexity index is 1770. The fraction of sp³-hybridized carbons (Fsp3) is 0.471. The zero-order valence-corrected chi connectivity index (χ0v) is 27.3. The van der Waals surface area contributed by atoms with E-state index in [1.165, 1.54) is 0 Å². The Morgan fingerprint density at radius 3 is 2.57 bits per heavy atom. The lowest BCUT2D eigenvalue weighted by molar-refractivity contribution is 0.0511. The third-order valence-electron chi connectivity index (χ3n) is 9.07. The smallest absolute Gasteiger partial charge is 0.376 e. The minimum absolute atomic E-state index is 0.0891. The number of carbonyl (C=O) groups is 2. The summed E-state index contributed by atoms with van der Waals surface area (Å²) >= 11 is 0. The maximum atomic E-state index is 13.3. The number of esters is 1. The van der Waals surface area contributed by atoms with Crippen LogP contribution in [0.1, 0.15) is 106 Å². The number of rotatable bonds is 7. The Morgan fingerprint density at radius 1 is 1.07 bits per heavy atom. The molecule has 3 atom stereocenters. The summed E-state index contributed by atoms with van der Waals surface area (Å²) in [5.74, 6) is 1.16. The molecule has 1 aliphatic heterocycles. The highest BCUT2D eigenvalue weighted by atomic mass is 16.5. The fourth-order valence-electron chi connectivity index (χ4n) is 6.37. The van der Waals surface area contributed by atoms with Crippen molar-refractivity contribution in [2.24, 2.45) is 0 Å². The van der Waals surface area contributed by atoms with Gasteiger partial charge in [0, 0.05) is 11.5 Å². The number of nitrogens with zero attached hydrogens (tertiary/aromatic N) is 6. The van der Waals surface area contributed by atoms with Crippen LogP contribution in [0.2, 0.25) is 0 Å². The molecule has 6 rings (SSSR count). The van der Waals surface area contributed by atoms with Gasteiger partial charge in [-0.3, -0.25) is 14.6 Å². The number of anilines is 1.